The number of aliphatic hydroxyl groups excluding tert-OH is 1. The Morgan fingerprint density at radius 3 is 2.71 bits per heavy atom. The molecule has 24 heavy (non-hydrogen) atoms. The summed E-state index contributed by atoms with van der Waals surface area (Å²) >= 11 is 0. The van der Waals surface area contributed by atoms with Crippen LogP contribution in [0.3, 0.4) is 0 Å². The SMILES string of the molecule is N#Cc1cc(F)c(NCCO)nc1-c1c[nH]c2c(F)cc(F)cc12. The van der Waals surface area contributed by atoms with Gasteiger partial charge in [-0.15, -0.1) is 0 Å². The molecule has 0 spiro atoms. The van der Waals surface area contributed by atoms with E-state index in [0.29, 0.717) is 0 Å². The number of aromatic amines is 1. The van der Waals surface area contributed by atoms with Crippen molar-refractivity contribution in [3.63, 3.8) is 0 Å². The highest BCUT2D eigenvalue weighted by molar-refractivity contribution is 5.96. The molecule has 0 atom stereocenters. The van der Waals surface area contributed by atoms with Gasteiger partial charge in [0.2, 0.25) is 0 Å². The summed E-state index contributed by atoms with van der Waals surface area (Å²) in [4.78, 5) is 6.71. The molecule has 3 aromatic rings. The maximum atomic E-state index is 13.9. The molecule has 2 heterocycles. The maximum absolute atomic E-state index is 13.9. The lowest BCUT2D eigenvalue weighted by Gasteiger charge is -2.09. The number of aromatic nitrogens is 2. The van der Waals surface area contributed by atoms with Crippen LogP contribution in [0.1, 0.15) is 5.56 Å². The summed E-state index contributed by atoms with van der Waals surface area (Å²) in [5.74, 6) is -2.49. The Labute approximate surface area is 134 Å². The van der Waals surface area contributed by atoms with Gasteiger partial charge in [0.15, 0.2) is 11.6 Å². The van der Waals surface area contributed by atoms with Crippen molar-refractivity contribution in [3.05, 3.63) is 47.4 Å². The van der Waals surface area contributed by atoms with E-state index in [-0.39, 0.29) is 46.7 Å². The average Bonchev–Trinajstić information content (AvgIpc) is 2.97. The second-order valence-electron chi connectivity index (χ2n) is 4.99. The van der Waals surface area contributed by atoms with Crippen LogP contribution in [-0.2, 0) is 0 Å². The van der Waals surface area contributed by atoms with Crippen LogP contribution < -0.4 is 5.32 Å². The second-order valence-corrected chi connectivity index (χ2v) is 4.99. The molecule has 0 unspecified atom stereocenters. The molecule has 122 valence electrons. The van der Waals surface area contributed by atoms with Crippen LogP contribution in [0.4, 0.5) is 19.0 Å². The fraction of sp³-hybridized carbons (Fsp3) is 0.125. The second kappa shape index (κ2) is 6.22. The zero-order valence-corrected chi connectivity index (χ0v) is 12.2. The fourth-order valence-electron chi connectivity index (χ4n) is 2.43. The molecule has 3 rings (SSSR count). The largest absolute Gasteiger partial charge is 0.395 e. The minimum atomic E-state index is -0.782. The van der Waals surface area contributed by atoms with Crippen LogP contribution >= 0.6 is 0 Å². The molecule has 0 bridgehead atoms. The number of anilines is 1. The van der Waals surface area contributed by atoms with Crippen LogP contribution in [0.25, 0.3) is 22.2 Å². The highest BCUT2D eigenvalue weighted by Crippen LogP contribution is 2.33. The van der Waals surface area contributed by atoms with Crippen molar-refractivity contribution in [1.82, 2.24) is 9.97 Å². The van der Waals surface area contributed by atoms with Gasteiger partial charge in [-0.1, -0.05) is 0 Å². The molecule has 0 aliphatic heterocycles. The predicted octanol–water partition coefficient (Wildman–Crippen LogP) is 2.92. The van der Waals surface area contributed by atoms with Crippen molar-refractivity contribution in [2.75, 3.05) is 18.5 Å². The highest BCUT2D eigenvalue weighted by atomic mass is 19.1. The Balaban J connectivity index is 2.23. The lowest BCUT2D eigenvalue weighted by atomic mass is 10.0. The quantitative estimate of drug-likeness (QED) is 0.686. The first kappa shape index (κ1) is 15.8. The van der Waals surface area contributed by atoms with Gasteiger partial charge in [0.05, 0.1) is 23.4 Å². The van der Waals surface area contributed by atoms with Crippen molar-refractivity contribution < 1.29 is 18.3 Å². The van der Waals surface area contributed by atoms with Crippen molar-refractivity contribution in [3.8, 4) is 17.3 Å². The van der Waals surface area contributed by atoms with Crippen molar-refractivity contribution in [2.24, 2.45) is 0 Å². The average molecular weight is 332 g/mol. The van der Waals surface area contributed by atoms with E-state index < -0.39 is 17.5 Å². The molecule has 0 aliphatic carbocycles. The van der Waals surface area contributed by atoms with E-state index in [2.05, 4.69) is 15.3 Å². The molecule has 0 fully saturated rings. The first-order valence-corrected chi connectivity index (χ1v) is 6.97. The van der Waals surface area contributed by atoms with E-state index >= 15 is 0 Å². The van der Waals surface area contributed by atoms with Gasteiger partial charge in [-0.3, -0.25) is 0 Å². The van der Waals surface area contributed by atoms with E-state index in [1.54, 1.807) is 0 Å². The van der Waals surface area contributed by atoms with Crippen molar-refractivity contribution in [1.29, 1.82) is 5.26 Å². The van der Waals surface area contributed by atoms with Gasteiger partial charge in [-0.25, -0.2) is 18.2 Å². The van der Waals surface area contributed by atoms with Gasteiger partial charge in [0.25, 0.3) is 0 Å². The van der Waals surface area contributed by atoms with Crippen LogP contribution in [0, 0.1) is 28.8 Å². The van der Waals surface area contributed by atoms with Gasteiger partial charge < -0.3 is 15.4 Å². The summed E-state index contributed by atoms with van der Waals surface area (Å²) in [6.45, 7) is -0.174. The lowest BCUT2D eigenvalue weighted by Crippen LogP contribution is -2.09. The number of rotatable bonds is 4. The van der Waals surface area contributed by atoms with Gasteiger partial charge in [-0.05, 0) is 12.1 Å². The molecule has 0 saturated carbocycles. The van der Waals surface area contributed by atoms with E-state index in [9.17, 15) is 18.4 Å². The normalized spacial score (nSPS) is 10.8. The topological polar surface area (TPSA) is 84.7 Å². The molecular weight excluding hydrogens is 321 g/mol. The molecule has 0 aliphatic rings. The van der Waals surface area contributed by atoms with Gasteiger partial charge in [0, 0.05) is 29.8 Å². The van der Waals surface area contributed by atoms with Crippen molar-refractivity contribution in [2.45, 2.75) is 0 Å². The Kier molecular flexibility index (Phi) is 4.10. The van der Waals surface area contributed by atoms with E-state index in [1.807, 2.05) is 6.07 Å². The Bertz CT molecular complexity index is 962. The first-order valence-electron chi connectivity index (χ1n) is 6.97. The van der Waals surface area contributed by atoms with Crippen LogP contribution in [0.15, 0.2) is 24.4 Å². The first-order chi connectivity index (χ1) is 11.5. The Morgan fingerprint density at radius 2 is 2.00 bits per heavy atom. The number of nitriles is 1. The number of H-pyrrole nitrogens is 1. The number of benzene rings is 1. The number of hydrogen-bond acceptors (Lipinski definition) is 4. The molecular formula is C16H11F3N4O. The minimum Gasteiger partial charge on any atom is -0.395 e. The molecule has 8 heteroatoms. The summed E-state index contributed by atoms with van der Waals surface area (Å²) in [6.07, 6.45) is 1.38. The third-order valence-electron chi connectivity index (χ3n) is 3.46. The van der Waals surface area contributed by atoms with Crippen molar-refractivity contribution >= 4 is 16.7 Å². The smallest absolute Gasteiger partial charge is 0.166 e. The zero-order chi connectivity index (χ0) is 17.3. The fourth-order valence-corrected chi connectivity index (χ4v) is 2.43. The summed E-state index contributed by atoms with van der Waals surface area (Å²) in [5.41, 5.74) is 0.335. The number of nitrogens with one attached hydrogen (secondary N) is 2. The predicted molar refractivity (Wildman–Crippen MR) is 81.7 cm³/mol. The number of fused-ring (bicyclic) bond motifs is 1. The molecule has 5 nitrogen and oxygen atoms in total. The molecule has 3 N–H and O–H groups in total. The standard InChI is InChI=1S/C16H11F3N4O/c17-9-4-10-11(7-22-15(10)12(18)5-9)14-8(6-20)3-13(19)16(23-14)21-1-2-24/h3-5,7,22,24H,1-2H2,(H,21,23). The molecule has 0 radical (unpaired) electrons. The number of aliphatic hydroxyl groups is 1. The summed E-state index contributed by atoms with van der Waals surface area (Å²) in [7, 11) is 0. The van der Waals surface area contributed by atoms with E-state index in [0.717, 1.165) is 18.2 Å². The third-order valence-corrected chi connectivity index (χ3v) is 3.46. The lowest BCUT2D eigenvalue weighted by molar-refractivity contribution is 0.310. The number of pyridine rings is 1. The van der Waals surface area contributed by atoms with Gasteiger partial charge in [-0.2, -0.15) is 5.26 Å². The maximum Gasteiger partial charge on any atom is 0.166 e. The van der Waals surface area contributed by atoms with E-state index in [1.165, 1.54) is 6.20 Å². The summed E-state index contributed by atoms with van der Waals surface area (Å²) < 4.78 is 41.3. The zero-order valence-electron chi connectivity index (χ0n) is 12.2. The summed E-state index contributed by atoms with van der Waals surface area (Å²) in [5, 5.41) is 20.8. The number of nitrogens with zero attached hydrogens (tertiary/aromatic N) is 2. The molecule has 1 aromatic carbocycles. The molecule has 0 saturated heterocycles. The molecule has 0 amide bonds. The highest BCUT2D eigenvalue weighted by Gasteiger charge is 2.18. The Hall–Kier alpha value is -3.05. The van der Waals surface area contributed by atoms with Crippen LogP contribution in [0.5, 0.6) is 0 Å². The van der Waals surface area contributed by atoms with Gasteiger partial charge in [0.1, 0.15) is 17.7 Å². The van der Waals surface area contributed by atoms with Crippen LogP contribution in [0.2, 0.25) is 0 Å². The summed E-state index contributed by atoms with van der Waals surface area (Å²) in [6, 6.07) is 4.65. The monoisotopic (exact) mass is 332 g/mol. The van der Waals surface area contributed by atoms with Gasteiger partial charge >= 0.3 is 0 Å². The third kappa shape index (κ3) is 2.66. The molecule has 2 aromatic heterocycles. The van der Waals surface area contributed by atoms with E-state index in [4.69, 9.17) is 5.11 Å². The minimum absolute atomic E-state index is 0.0614. The number of hydrogen-bond donors (Lipinski definition) is 3. The van der Waals surface area contributed by atoms with Crippen LogP contribution in [-0.4, -0.2) is 28.2 Å². The number of halogens is 3. The Morgan fingerprint density at radius 1 is 1.21 bits per heavy atom.